The molecule has 0 aliphatic carbocycles. The molecule has 0 spiro atoms. The Labute approximate surface area is 81.1 Å². The first kappa shape index (κ1) is 10.7. The van der Waals surface area contributed by atoms with Gasteiger partial charge in [0.1, 0.15) is 5.76 Å². The highest BCUT2D eigenvalue weighted by Gasteiger charge is 2.05. The molecular formula is C10H12O4. The summed E-state index contributed by atoms with van der Waals surface area (Å²) in [5.74, 6) is 0.345. The van der Waals surface area contributed by atoms with Gasteiger partial charge in [-0.1, -0.05) is 6.07 Å². The maximum absolute atomic E-state index is 10.8. The molecular weight excluding hydrogens is 184 g/mol. The Morgan fingerprint density at radius 2 is 2.14 bits per heavy atom. The minimum absolute atomic E-state index is 0.345. The summed E-state index contributed by atoms with van der Waals surface area (Å²) in [6.45, 7) is 1.47. The lowest BCUT2D eigenvalue weighted by Crippen LogP contribution is -2.19. The number of aliphatic hydroxyl groups excluding tert-OH is 2. The van der Waals surface area contributed by atoms with Crippen LogP contribution in [-0.2, 0) is 0 Å². The van der Waals surface area contributed by atoms with Gasteiger partial charge >= 0.3 is 5.63 Å². The summed E-state index contributed by atoms with van der Waals surface area (Å²) in [6, 6.07) is 4.44. The minimum Gasteiger partial charge on any atom is -0.423 e. The molecule has 0 aromatic carbocycles. The molecule has 0 bridgehead atoms. The number of hydrogen-bond donors (Lipinski definition) is 2. The van der Waals surface area contributed by atoms with Crippen LogP contribution in [0.15, 0.2) is 33.5 Å². The van der Waals surface area contributed by atoms with Crippen LogP contribution in [0.5, 0.6) is 0 Å². The number of hydrogen-bond acceptors (Lipinski definition) is 4. The van der Waals surface area contributed by atoms with Crippen LogP contribution in [-0.4, -0.2) is 22.4 Å². The molecule has 0 amide bonds. The zero-order valence-electron chi connectivity index (χ0n) is 7.75. The van der Waals surface area contributed by atoms with Crippen molar-refractivity contribution in [1.82, 2.24) is 0 Å². The molecule has 2 N–H and O–H groups in total. The lowest BCUT2D eigenvalue weighted by atomic mass is 10.2. The van der Waals surface area contributed by atoms with Crippen LogP contribution in [0, 0.1) is 0 Å². The maximum atomic E-state index is 10.8. The van der Waals surface area contributed by atoms with E-state index in [2.05, 4.69) is 0 Å². The summed E-state index contributed by atoms with van der Waals surface area (Å²) >= 11 is 0. The van der Waals surface area contributed by atoms with Crippen LogP contribution in [0.3, 0.4) is 0 Å². The average Bonchev–Trinajstić information content (AvgIpc) is 2.14. The van der Waals surface area contributed by atoms with Crippen molar-refractivity contribution in [1.29, 1.82) is 0 Å². The lowest BCUT2D eigenvalue weighted by Gasteiger charge is -2.06. The predicted octanol–water partition coefficient (Wildman–Crippen LogP) is 0.395. The van der Waals surface area contributed by atoms with E-state index >= 15 is 0 Å². The van der Waals surface area contributed by atoms with Crippen molar-refractivity contribution in [3.8, 4) is 0 Å². The summed E-state index contributed by atoms with van der Waals surface area (Å²) in [7, 11) is 0. The summed E-state index contributed by atoms with van der Waals surface area (Å²) < 4.78 is 4.77. The minimum atomic E-state index is -0.958. The van der Waals surface area contributed by atoms with Gasteiger partial charge in [0.25, 0.3) is 0 Å². The standard InChI is InChI=1S/C10H12O4/c1-7(11)9(12)6-5-8-3-2-4-10(13)14-8/h2-7,9,11-12H,1H3/t7-,9+/m0/s1. The largest absolute Gasteiger partial charge is 0.423 e. The molecule has 4 heteroatoms. The van der Waals surface area contributed by atoms with Crippen molar-refractivity contribution in [2.24, 2.45) is 0 Å². The molecule has 0 unspecified atom stereocenters. The first-order valence-electron chi connectivity index (χ1n) is 4.24. The fourth-order valence-electron chi connectivity index (χ4n) is 0.850. The van der Waals surface area contributed by atoms with Crippen LogP contribution in [0.1, 0.15) is 12.7 Å². The Morgan fingerprint density at radius 1 is 1.43 bits per heavy atom. The third kappa shape index (κ3) is 3.16. The molecule has 0 saturated heterocycles. The van der Waals surface area contributed by atoms with Gasteiger partial charge in [0.2, 0.25) is 0 Å². The van der Waals surface area contributed by atoms with Gasteiger partial charge in [0.15, 0.2) is 0 Å². The summed E-state index contributed by atoms with van der Waals surface area (Å²) in [5.41, 5.74) is -0.446. The van der Waals surface area contributed by atoms with E-state index in [4.69, 9.17) is 9.52 Å². The fourth-order valence-corrected chi connectivity index (χ4v) is 0.850. The molecule has 0 radical (unpaired) electrons. The smallest absolute Gasteiger partial charge is 0.336 e. The molecule has 76 valence electrons. The molecule has 2 atom stereocenters. The Hall–Kier alpha value is -1.39. The molecule has 1 heterocycles. The Balaban J connectivity index is 2.73. The topological polar surface area (TPSA) is 70.7 Å². The van der Waals surface area contributed by atoms with E-state index in [9.17, 15) is 9.90 Å². The van der Waals surface area contributed by atoms with Crippen molar-refractivity contribution in [2.45, 2.75) is 19.1 Å². The molecule has 4 nitrogen and oxygen atoms in total. The highest BCUT2D eigenvalue weighted by molar-refractivity contribution is 5.42. The van der Waals surface area contributed by atoms with Crippen molar-refractivity contribution in [3.63, 3.8) is 0 Å². The van der Waals surface area contributed by atoms with Gasteiger partial charge in [-0.3, -0.25) is 0 Å². The van der Waals surface area contributed by atoms with E-state index in [1.165, 1.54) is 25.1 Å². The summed E-state index contributed by atoms with van der Waals surface area (Å²) in [5, 5.41) is 18.2. The van der Waals surface area contributed by atoms with Crippen LogP contribution < -0.4 is 5.63 Å². The number of rotatable bonds is 3. The summed E-state index contributed by atoms with van der Waals surface area (Å²) in [6.07, 6.45) is 1.00. The van der Waals surface area contributed by atoms with Gasteiger partial charge in [0.05, 0.1) is 12.2 Å². The van der Waals surface area contributed by atoms with E-state index in [-0.39, 0.29) is 0 Å². The van der Waals surface area contributed by atoms with Crippen molar-refractivity contribution in [3.05, 3.63) is 40.5 Å². The van der Waals surface area contributed by atoms with E-state index < -0.39 is 17.8 Å². The maximum Gasteiger partial charge on any atom is 0.336 e. The SMILES string of the molecule is C[C@H](O)[C@H](O)C=Cc1cccc(=O)o1. The average molecular weight is 196 g/mol. The highest BCUT2D eigenvalue weighted by atomic mass is 16.4. The Kier molecular flexibility index (Phi) is 3.62. The second-order valence-corrected chi connectivity index (χ2v) is 2.94. The first-order valence-corrected chi connectivity index (χ1v) is 4.24. The zero-order valence-corrected chi connectivity index (χ0v) is 7.75. The Bertz CT molecular complexity index is 364. The van der Waals surface area contributed by atoms with Crippen molar-refractivity contribution >= 4 is 6.08 Å². The lowest BCUT2D eigenvalue weighted by molar-refractivity contribution is 0.0623. The second-order valence-electron chi connectivity index (χ2n) is 2.94. The molecule has 1 aromatic rings. The van der Waals surface area contributed by atoms with Crippen molar-refractivity contribution in [2.75, 3.05) is 0 Å². The third-order valence-electron chi connectivity index (χ3n) is 1.66. The van der Waals surface area contributed by atoms with E-state index in [0.29, 0.717) is 5.76 Å². The van der Waals surface area contributed by atoms with E-state index in [1.807, 2.05) is 0 Å². The molecule has 1 aromatic heterocycles. The van der Waals surface area contributed by atoms with E-state index in [1.54, 1.807) is 12.1 Å². The van der Waals surface area contributed by atoms with Gasteiger partial charge in [-0.2, -0.15) is 0 Å². The molecule has 0 aliphatic heterocycles. The highest BCUT2D eigenvalue weighted by Crippen LogP contribution is 2.01. The fraction of sp³-hybridized carbons (Fsp3) is 0.300. The van der Waals surface area contributed by atoms with Gasteiger partial charge in [-0.05, 0) is 25.1 Å². The summed E-state index contributed by atoms with van der Waals surface area (Å²) in [4.78, 5) is 10.8. The number of aliphatic hydroxyl groups is 2. The van der Waals surface area contributed by atoms with Gasteiger partial charge in [0, 0.05) is 6.07 Å². The van der Waals surface area contributed by atoms with Gasteiger partial charge in [-0.25, -0.2) is 4.79 Å². The normalized spacial score (nSPS) is 15.6. The predicted molar refractivity (Wildman–Crippen MR) is 51.7 cm³/mol. The van der Waals surface area contributed by atoms with E-state index in [0.717, 1.165) is 0 Å². The van der Waals surface area contributed by atoms with Gasteiger partial charge in [-0.15, -0.1) is 0 Å². The monoisotopic (exact) mass is 196 g/mol. The van der Waals surface area contributed by atoms with Crippen molar-refractivity contribution < 1.29 is 14.6 Å². The Morgan fingerprint density at radius 3 is 2.71 bits per heavy atom. The van der Waals surface area contributed by atoms with Crippen LogP contribution in [0.4, 0.5) is 0 Å². The molecule has 0 saturated carbocycles. The second kappa shape index (κ2) is 4.74. The zero-order chi connectivity index (χ0) is 10.6. The first-order chi connectivity index (χ1) is 6.59. The third-order valence-corrected chi connectivity index (χ3v) is 1.66. The van der Waals surface area contributed by atoms with Crippen LogP contribution >= 0.6 is 0 Å². The molecule has 14 heavy (non-hydrogen) atoms. The van der Waals surface area contributed by atoms with Crippen LogP contribution in [0.25, 0.3) is 6.08 Å². The van der Waals surface area contributed by atoms with Crippen LogP contribution in [0.2, 0.25) is 0 Å². The molecule has 1 rings (SSSR count). The molecule has 0 aliphatic rings. The quantitative estimate of drug-likeness (QED) is 0.733. The van der Waals surface area contributed by atoms with Gasteiger partial charge < -0.3 is 14.6 Å². The molecule has 0 fully saturated rings.